The monoisotopic (exact) mass is 376 g/mol. The van der Waals surface area contributed by atoms with Crippen LogP contribution in [-0.4, -0.2) is 62.2 Å². The quantitative estimate of drug-likeness (QED) is 0.371. The average molecular weight is 377 g/mol. The molecule has 0 aromatic rings. The number of nitrogens with zero attached hydrogens (tertiary/aromatic N) is 1. The Morgan fingerprint density at radius 1 is 1.04 bits per heavy atom. The maximum absolute atomic E-state index is 6.75. The molecule has 0 saturated carbocycles. The highest BCUT2D eigenvalue weighted by molar-refractivity contribution is 6.80. The second-order valence-corrected chi connectivity index (χ2v) is 14.0. The van der Waals surface area contributed by atoms with Crippen LogP contribution in [0.4, 0.5) is 0 Å². The van der Waals surface area contributed by atoms with Crippen LogP contribution in [0, 0.1) is 0 Å². The Bertz CT molecular complexity index is 333. The normalized spacial score (nSPS) is 22.4. The molecule has 7 heteroatoms. The average Bonchev–Trinajstić information content (AvgIpc) is 2.95. The van der Waals surface area contributed by atoms with Gasteiger partial charge in [0, 0.05) is 20.3 Å². The lowest BCUT2D eigenvalue weighted by molar-refractivity contribution is 0.147. The van der Waals surface area contributed by atoms with E-state index in [1.165, 1.54) is 44.7 Å². The van der Waals surface area contributed by atoms with Gasteiger partial charge in [0.1, 0.15) is 0 Å². The molecular weight excluding hydrogens is 336 g/mol. The van der Waals surface area contributed by atoms with E-state index in [0.717, 1.165) is 32.1 Å². The van der Waals surface area contributed by atoms with Gasteiger partial charge in [-0.1, -0.05) is 26.7 Å². The van der Waals surface area contributed by atoms with Crippen molar-refractivity contribution in [3.8, 4) is 0 Å². The van der Waals surface area contributed by atoms with E-state index in [2.05, 4.69) is 30.3 Å². The fraction of sp³-hybridized carbons (Fsp3) is 1.00. The summed E-state index contributed by atoms with van der Waals surface area (Å²) in [7, 11) is -0.903. The first-order valence-corrected chi connectivity index (χ1v) is 14.3. The molecule has 1 atom stereocenters. The summed E-state index contributed by atoms with van der Waals surface area (Å²) in [5.41, 5.74) is 0. The Kier molecular flexibility index (Phi) is 10.9. The Morgan fingerprint density at radius 2 is 1.71 bits per heavy atom. The van der Waals surface area contributed by atoms with Crippen molar-refractivity contribution in [1.29, 1.82) is 0 Å². The lowest BCUT2D eigenvalue weighted by atomic mass is 10.3. The molecule has 1 aliphatic heterocycles. The van der Waals surface area contributed by atoms with E-state index >= 15 is 0 Å². The zero-order valence-electron chi connectivity index (χ0n) is 16.7. The summed E-state index contributed by atoms with van der Waals surface area (Å²) in [6, 6.07) is 2.11. The van der Waals surface area contributed by atoms with E-state index in [4.69, 9.17) is 13.0 Å². The third-order valence-electron chi connectivity index (χ3n) is 5.06. The van der Waals surface area contributed by atoms with Crippen molar-refractivity contribution in [1.82, 2.24) is 9.88 Å². The van der Waals surface area contributed by atoms with Crippen molar-refractivity contribution in [2.24, 2.45) is 0 Å². The maximum Gasteiger partial charge on any atom is 0.490 e. The zero-order chi connectivity index (χ0) is 17.9. The molecule has 1 rings (SSSR count). The number of rotatable bonds is 14. The highest BCUT2D eigenvalue weighted by Crippen LogP contribution is 2.32. The summed E-state index contributed by atoms with van der Waals surface area (Å²) in [5.74, 6) is 0. The largest absolute Gasteiger partial charge is 0.490 e. The summed E-state index contributed by atoms with van der Waals surface area (Å²) in [6.07, 6.45) is 7.27. The summed E-state index contributed by atoms with van der Waals surface area (Å²) in [5, 5.41) is 3.50. The van der Waals surface area contributed by atoms with Gasteiger partial charge in [0.15, 0.2) is 0 Å². The molecule has 0 aromatic heterocycles. The van der Waals surface area contributed by atoms with E-state index in [0.29, 0.717) is 0 Å². The minimum Gasteiger partial charge on any atom is -0.402 e. The predicted octanol–water partition coefficient (Wildman–Crippen LogP) is 3.59. The summed E-state index contributed by atoms with van der Waals surface area (Å²) in [6.45, 7) is 11.3. The Labute approximate surface area is 152 Å². The lowest BCUT2D eigenvalue weighted by Crippen LogP contribution is -2.59. The molecule has 0 spiro atoms. The molecule has 24 heavy (non-hydrogen) atoms. The molecule has 1 N–H and O–H groups in total. The third-order valence-corrected chi connectivity index (χ3v) is 13.3. The molecule has 1 fully saturated rings. The van der Waals surface area contributed by atoms with Crippen LogP contribution < -0.4 is 5.32 Å². The van der Waals surface area contributed by atoms with Gasteiger partial charge in [-0.2, -0.15) is 0 Å². The second-order valence-electron chi connectivity index (χ2n) is 7.02. The van der Waals surface area contributed by atoms with Gasteiger partial charge in [0.2, 0.25) is 0 Å². The SMILES string of the molecule is CCCCNCCC[Si](OC)(OC)O[Si]1(C)CCCN1CCCC. The molecule has 0 bridgehead atoms. The molecule has 1 unspecified atom stereocenters. The first-order valence-electron chi connectivity index (χ1n) is 9.82. The molecule has 5 nitrogen and oxygen atoms in total. The lowest BCUT2D eigenvalue weighted by Gasteiger charge is -2.39. The smallest absolute Gasteiger partial charge is 0.402 e. The number of hydrogen-bond acceptors (Lipinski definition) is 5. The minimum atomic E-state index is -2.55. The molecule has 1 saturated heterocycles. The van der Waals surface area contributed by atoms with E-state index in [-0.39, 0.29) is 0 Å². The predicted molar refractivity (Wildman–Crippen MR) is 106 cm³/mol. The van der Waals surface area contributed by atoms with E-state index in [1.54, 1.807) is 14.2 Å². The molecule has 1 aliphatic rings. The van der Waals surface area contributed by atoms with Gasteiger partial charge in [0.05, 0.1) is 0 Å². The van der Waals surface area contributed by atoms with Gasteiger partial charge in [-0.25, -0.2) is 0 Å². The topological polar surface area (TPSA) is 43.0 Å². The Balaban J connectivity index is 2.55. The maximum atomic E-state index is 6.75. The van der Waals surface area contributed by atoms with Gasteiger partial charge >= 0.3 is 8.80 Å². The molecule has 0 radical (unpaired) electrons. The zero-order valence-corrected chi connectivity index (χ0v) is 18.7. The standard InChI is InChI=1S/C17H40N2O3Si2/c1-6-8-12-18-13-10-17-24(20-3,21-4)22-23(5)16-11-15-19(23)14-9-7-2/h18H,6-17H2,1-5H3. The molecule has 144 valence electrons. The molecule has 1 heterocycles. The van der Waals surface area contributed by atoms with Crippen molar-refractivity contribution in [2.45, 2.75) is 71.0 Å². The van der Waals surface area contributed by atoms with Crippen LogP contribution in [-0.2, 0) is 13.0 Å². The van der Waals surface area contributed by atoms with Crippen molar-refractivity contribution in [3.63, 3.8) is 0 Å². The van der Waals surface area contributed by atoms with Crippen LogP contribution in [0.2, 0.25) is 18.6 Å². The molecular formula is C17H40N2O3Si2. The van der Waals surface area contributed by atoms with Crippen molar-refractivity contribution in [2.75, 3.05) is 40.4 Å². The minimum absolute atomic E-state index is 0.906. The van der Waals surface area contributed by atoms with Crippen LogP contribution in [0.25, 0.3) is 0 Å². The first-order chi connectivity index (χ1) is 11.6. The number of hydrogen-bond donors (Lipinski definition) is 1. The van der Waals surface area contributed by atoms with Crippen molar-refractivity contribution < 1.29 is 13.0 Å². The molecule has 0 amide bonds. The van der Waals surface area contributed by atoms with Gasteiger partial charge in [-0.15, -0.1) is 0 Å². The number of unbranched alkanes of at least 4 members (excludes halogenated alkanes) is 2. The van der Waals surface area contributed by atoms with Crippen LogP contribution in [0.1, 0.15) is 52.4 Å². The van der Waals surface area contributed by atoms with Crippen LogP contribution in [0.3, 0.4) is 0 Å². The van der Waals surface area contributed by atoms with Gasteiger partial charge < -0.3 is 22.8 Å². The van der Waals surface area contributed by atoms with Crippen molar-refractivity contribution in [3.05, 3.63) is 0 Å². The van der Waals surface area contributed by atoms with E-state index in [1.807, 2.05) is 0 Å². The van der Waals surface area contributed by atoms with E-state index < -0.39 is 17.3 Å². The van der Waals surface area contributed by atoms with Crippen LogP contribution in [0.5, 0.6) is 0 Å². The molecule has 0 aliphatic carbocycles. The van der Waals surface area contributed by atoms with E-state index in [9.17, 15) is 0 Å². The molecule has 0 aromatic carbocycles. The highest BCUT2D eigenvalue weighted by Gasteiger charge is 2.50. The first kappa shape index (κ1) is 22.3. The van der Waals surface area contributed by atoms with Gasteiger partial charge in [-0.05, 0) is 64.5 Å². The summed E-state index contributed by atoms with van der Waals surface area (Å²) in [4.78, 5) is 0. The third kappa shape index (κ3) is 6.86. The Morgan fingerprint density at radius 3 is 2.33 bits per heavy atom. The van der Waals surface area contributed by atoms with Gasteiger partial charge in [-0.3, -0.25) is 0 Å². The number of nitrogens with one attached hydrogen (secondary N) is 1. The highest BCUT2D eigenvalue weighted by atomic mass is 28.5. The van der Waals surface area contributed by atoms with Gasteiger partial charge in [0.25, 0.3) is 8.48 Å². The van der Waals surface area contributed by atoms with Crippen LogP contribution >= 0.6 is 0 Å². The van der Waals surface area contributed by atoms with Crippen molar-refractivity contribution >= 4 is 17.3 Å². The summed E-state index contributed by atoms with van der Waals surface area (Å²) < 4.78 is 21.1. The summed E-state index contributed by atoms with van der Waals surface area (Å²) >= 11 is 0. The second kappa shape index (κ2) is 11.8. The van der Waals surface area contributed by atoms with Crippen LogP contribution in [0.15, 0.2) is 0 Å². The fourth-order valence-electron chi connectivity index (χ4n) is 3.42. The Hall–Kier alpha value is 0.234. The fourth-order valence-corrected chi connectivity index (χ4v) is 11.7.